The molecule has 2 aromatic rings. The molecule has 6 nitrogen and oxygen atoms in total. The standard InChI is InChI=1S/C22H24N4O2/c1-23-11-3-2-4-19-14-20(9-12-24-19)25-22(28)18-7-5-17(6-8-18)15-26-13-10-21(27)16-26/h3,5-9,11-12,14,21,23,27H,10,13,15-16H2,1H3,(H,24,25,28)/b11-3+/t21-/m1/s1. The molecule has 144 valence electrons. The van der Waals surface area contributed by atoms with Gasteiger partial charge < -0.3 is 15.7 Å². The van der Waals surface area contributed by atoms with Crippen LogP contribution in [0.3, 0.4) is 0 Å². The molecule has 2 heterocycles. The lowest BCUT2D eigenvalue weighted by atomic mass is 10.1. The van der Waals surface area contributed by atoms with Gasteiger partial charge in [0.05, 0.1) is 6.10 Å². The van der Waals surface area contributed by atoms with Crippen LogP contribution < -0.4 is 10.6 Å². The van der Waals surface area contributed by atoms with Gasteiger partial charge in [-0.1, -0.05) is 18.1 Å². The Balaban J connectivity index is 1.59. The maximum absolute atomic E-state index is 12.5. The van der Waals surface area contributed by atoms with Gasteiger partial charge in [-0.15, -0.1) is 0 Å². The average molecular weight is 376 g/mol. The van der Waals surface area contributed by atoms with Gasteiger partial charge in [0.25, 0.3) is 5.91 Å². The molecule has 0 bridgehead atoms. The van der Waals surface area contributed by atoms with Crippen molar-refractivity contribution >= 4 is 11.6 Å². The lowest BCUT2D eigenvalue weighted by Gasteiger charge is -2.15. The van der Waals surface area contributed by atoms with Crippen LogP contribution in [0.15, 0.2) is 54.9 Å². The number of aliphatic hydroxyl groups excluding tert-OH is 1. The zero-order valence-corrected chi connectivity index (χ0v) is 15.9. The van der Waals surface area contributed by atoms with Crippen molar-refractivity contribution in [1.82, 2.24) is 15.2 Å². The summed E-state index contributed by atoms with van der Waals surface area (Å²) in [4.78, 5) is 18.9. The number of rotatable bonds is 5. The van der Waals surface area contributed by atoms with E-state index in [1.165, 1.54) is 0 Å². The van der Waals surface area contributed by atoms with Gasteiger partial charge in [0.15, 0.2) is 0 Å². The van der Waals surface area contributed by atoms with Crippen LogP contribution >= 0.6 is 0 Å². The van der Waals surface area contributed by atoms with Gasteiger partial charge in [0.1, 0.15) is 5.69 Å². The predicted molar refractivity (Wildman–Crippen MR) is 110 cm³/mol. The monoisotopic (exact) mass is 376 g/mol. The number of aliphatic hydroxyl groups is 1. The van der Waals surface area contributed by atoms with Crippen LogP contribution in [-0.4, -0.2) is 47.1 Å². The summed E-state index contributed by atoms with van der Waals surface area (Å²) in [6, 6.07) is 11.0. The first kappa shape index (κ1) is 19.6. The molecule has 6 heteroatoms. The first-order valence-corrected chi connectivity index (χ1v) is 9.24. The zero-order valence-electron chi connectivity index (χ0n) is 15.9. The number of anilines is 1. The molecule has 1 amide bonds. The number of carbonyl (C=O) groups is 1. The maximum atomic E-state index is 12.5. The lowest BCUT2D eigenvalue weighted by molar-refractivity contribution is 0.102. The topological polar surface area (TPSA) is 77.5 Å². The highest BCUT2D eigenvalue weighted by Gasteiger charge is 2.19. The van der Waals surface area contributed by atoms with Crippen LogP contribution in [0, 0.1) is 11.8 Å². The van der Waals surface area contributed by atoms with Crippen molar-refractivity contribution in [1.29, 1.82) is 0 Å². The fourth-order valence-corrected chi connectivity index (χ4v) is 3.00. The number of aromatic nitrogens is 1. The number of hydrogen-bond donors (Lipinski definition) is 3. The Morgan fingerprint density at radius 2 is 2.18 bits per heavy atom. The van der Waals surface area contributed by atoms with Crippen LogP contribution in [-0.2, 0) is 6.54 Å². The summed E-state index contributed by atoms with van der Waals surface area (Å²) in [6.45, 7) is 2.40. The highest BCUT2D eigenvalue weighted by molar-refractivity contribution is 6.04. The van der Waals surface area contributed by atoms with Crippen LogP contribution in [0.5, 0.6) is 0 Å². The van der Waals surface area contributed by atoms with Gasteiger partial charge in [-0.2, -0.15) is 0 Å². The molecule has 0 unspecified atom stereocenters. The van der Waals surface area contributed by atoms with Gasteiger partial charge in [-0.25, -0.2) is 4.98 Å². The molecule has 28 heavy (non-hydrogen) atoms. The van der Waals surface area contributed by atoms with Crippen molar-refractivity contribution < 1.29 is 9.90 Å². The van der Waals surface area contributed by atoms with Crippen LogP contribution in [0.4, 0.5) is 5.69 Å². The number of pyridine rings is 1. The van der Waals surface area contributed by atoms with Gasteiger partial charge in [0, 0.05) is 56.4 Å². The zero-order chi connectivity index (χ0) is 19.8. The molecule has 1 atom stereocenters. The number of β-amino-alcohol motifs (C(OH)–C–C–N with tert-alkyl or cyclic N) is 1. The molecule has 0 spiro atoms. The van der Waals surface area contributed by atoms with E-state index in [4.69, 9.17) is 0 Å². The van der Waals surface area contributed by atoms with Crippen LogP contribution in [0.1, 0.15) is 28.0 Å². The molecule has 1 aromatic carbocycles. The normalized spacial score (nSPS) is 16.6. The van der Waals surface area contributed by atoms with E-state index >= 15 is 0 Å². The second-order valence-corrected chi connectivity index (χ2v) is 6.65. The summed E-state index contributed by atoms with van der Waals surface area (Å²) in [6.07, 6.45) is 5.64. The molecule has 0 aliphatic carbocycles. The third-order valence-corrected chi connectivity index (χ3v) is 4.42. The molecule has 3 N–H and O–H groups in total. The van der Waals surface area contributed by atoms with Crippen molar-refractivity contribution in [3.8, 4) is 11.8 Å². The van der Waals surface area contributed by atoms with Crippen molar-refractivity contribution in [2.75, 3.05) is 25.5 Å². The summed E-state index contributed by atoms with van der Waals surface area (Å²) >= 11 is 0. The van der Waals surface area contributed by atoms with Crippen molar-refractivity contribution in [3.05, 3.63) is 71.7 Å². The molecular formula is C22H24N4O2. The van der Waals surface area contributed by atoms with Crippen molar-refractivity contribution in [3.63, 3.8) is 0 Å². The fraction of sp³-hybridized carbons (Fsp3) is 0.273. The van der Waals surface area contributed by atoms with Gasteiger partial charge in [-0.05, 0) is 42.2 Å². The second-order valence-electron chi connectivity index (χ2n) is 6.65. The Morgan fingerprint density at radius 3 is 2.89 bits per heavy atom. The summed E-state index contributed by atoms with van der Waals surface area (Å²) in [5, 5.41) is 15.4. The predicted octanol–water partition coefficient (Wildman–Crippen LogP) is 1.99. The summed E-state index contributed by atoms with van der Waals surface area (Å²) < 4.78 is 0. The number of amides is 1. The summed E-state index contributed by atoms with van der Waals surface area (Å²) in [5.41, 5.74) is 2.95. The number of likely N-dealkylation sites (tertiary alicyclic amines) is 1. The molecular weight excluding hydrogens is 352 g/mol. The Labute approximate surface area is 165 Å². The Morgan fingerprint density at radius 1 is 1.36 bits per heavy atom. The van der Waals surface area contributed by atoms with Gasteiger partial charge >= 0.3 is 0 Å². The first-order chi connectivity index (χ1) is 13.6. The van der Waals surface area contributed by atoms with Gasteiger partial charge in [-0.3, -0.25) is 9.69 Å². The van der Waals surface area contributed by atoms with E-state index < -0.39 is 0 Å². The van der Waals surface area contributed by atoms with Crippen LogP contribution in [0.2, 0.25) is 0 Å². The molecule has 1 aliphatic heterocycles. The summed E-state index contributed by atoms with van der Waals surface area (Å²) in [7, 11) is 1.80. The second kappa shape index (κ2) is 9.70. The van der Waals surface area contributed by atoms with Gasteiger partial charge in [0.2, 0.25) is 0 Å². The molecule has 1 aliphatic rings. The first-order valence-electron chi connectivity index (χ1n) is 9.24. The SMILES string of the molecule is CN/C=C/C#Cc1cc(NC(=O)c2ccc(CN3CC[C@@H](O)C3)cc2)ccn1. The Bertz CT molecular complexity index is 897. The van der Waals surface area contributed by atoms with Crippen molar-refractivity contribution in [2.45, 2.75) is 19.1 Å². The van der Waals surface area contributed by atoms with E-state index in [2.05, 4.69) is 32.4 Å². The summed E-state index contributed by atoms with van der Waals surface area (Å²) in [5.74, 6) is 5.60. The highest BCUT2D eigenvalue weighted by atomic mass is 16.3. The number of nitrogens with zero attached hydrogens (tertiary/aromatic N) is 2. The number of hydrogen-bond acceptors (Lipinski definition) is 5. The van der Waals surface area contributed by atoms with Crippen LogP contribution in [0.25, 0.3) is 0 Å². The number of benzene rings is 1. The Kier molecular flexibility index (Phi) is 6.79. The molecule has 1 fully saturated rings. The number of nitrogens with one attached hydrogen (secondary N) is 2. The lowest BCUT2D eigenvalue weighted by Crippen LogP contribution is -2.21. The van der Waals surface area contributed by atoms with E-state index in [1.807, 2.05) is 24.3 Å². The molecule has 0 radical (unpaired) electrons. The van der Waals surface area contributed by atoms with E-state index in [1.54, 1.807) is 37.7 Å². The minimum absolute atomic E-state index is 0.177. The average Bonchev–Trinajstić information content (AvgIpc) is 3.11. The van der Waals surface area contributed by atoms with E-state index in [0.29, 0.717) is 23.5 Å². The molecule has 1 aromatic heterocycles. The van der Waals surface area contributed by atoms with Crippen molar-refractivity contribution in [2.24, 2.45) is 0 Å². The Hall–Kier alpha value is -3.14. The number of carbonyl (C=O) groups excluding carboxylic acids is 1. The maximum Gasteiger partial charge on any atom is 0.255 e. The minimum Gasteiger partial charge on any atom is -0.393 e. The van der Waals surface area contributed by atoms with E-state index in [-0.39, 0.29) is 12.0 Å². The smallest absolute Gasteiger partial charge is 0.255 e. The largest absolute Gasteiger partial charge is 0.393 e. The highest BCUT2D eigenvalue weighted by Crippen LogP contribution is 2.15. The molecule has 0 saturated carbocycles. The quantitative estimate of drug-likeness (QED) is 0.696. The van der Waals surface area contributed by atoms with E-state index in [0.717, 1.165) is 25.1 Å². The van der Waals surface area contributed by atoms with E-state index in [9.17, 15) is 9.90 Å². The molecule has 1 saturated heterocycles. The minimum atomic E-state index is -0.223. The third kappa shape index (κ3) is 5.68. The molecule has 3 rings (SSSR count). The fourth-order valence-electron chi connectivity index (χ4n) is 3.00. The third-order valence-electron chi connectivity index (χ3n) is 4.42. The number of allylic oxidation sites excluding steroid dienone is 1.